The maximum atomic E-state index is 12.5. The van der Waals surface area contributed by atoms with E-state index >= 15 is 0 Å². The van der Waals surface area contributed by atoms with Crippen LogP contribution < -0.4 is 0 Å². The second kappa shape index (κ2) is 7.45. The lowest BCUT2D eigenvalue weighted by molar-refractivity contribution is 0.0600. The molecule has 0 aliphatic heterocycles. The number of ether oxygens (including phenoxy) is 1. The molecule has 0 atom stereocenters. The van der Waals surface area contributed by atoms with E-state index in [4.69, 9.17) is 16.6 Å². The minimum atomic E-state index is -0.407. The summed E-state index contributed by atoms with van der Waals surface area (Å²) in [4.78, 5) is 20.2. The highest BCUT2D eigenvalue weighted by atomic mass is 32.1. The fourth-order valence-corrected chi connectivity index (χ4v) is 3.81. The van der Waals surface area contributed by atoms with Crippen LogP contribution in [0, 0.1) is 31.8 Å². The van der Waals surface area contributed by atoms with E-state index in [9.17, 15) is 4.79 Å². The average molecular weight is 376 g/mol. The van der Waals surface area contributed by atoms with Gasteiger partial charge in [0.2, 0.25) is 0 Å². The third kappa shape index (κ3) is 3.33. The molecule has 0 saturated heterocycles. The number of hydrogen-bond acceptors (Lipinski definition) is 5. The van der Waals surface area contributed by atoms with Crippen LogP contribution in [0.15, 0.2) is 29.6 Å². The number of nitrogens with zero attached hydrogens (tertiary/aromatic N) is 4. The van der Waals surface area contributed by atoms with Crippen LogP contribution in [0.1, 0.15) is 32.4 Å². The van der Waals surface area contributed by atoms with E-state index in [1.54, 1.807) is 17.5 Å². The molecule has 0 aliphatic carbocycles. The van der Waals surface area contributed by atoms with Crippen LogP contribution in [0.25, 0.3) is 16.0 Å². The summed E-state index contributed by atoms with van der Waals surface area (Å²) in [6.45, 7) is 11.4. The van der Waals surface area contributed by atoms with E-state index in [1.807, 2.05) is 36.6 Å². The lowest BCUT2D eigenvalue weighted by Gasteiger charge is -2.08. The zero-order valence-corrected chi connectivity index (χ0v) is 15.9. The van der Waals surface area contributed by atoms with Crippen molar-refractivity contribution in [1.82, 2.24) is 9.55 Å². The van der Waals surface area contributed by atoms with Crippen molar-refractivity contribution in [2.75, 3.05) is 7.11 Å². The van der Waals surface area contributed by atoms with Crippen molar-refractivity contribution < 1.29 is 9.53 Å². The Morgan fingerprint density at radius 2 is 2.04 bits per heavy atom. The van der Waals surface area contributed by atoms with Gasteiger partial charge >= 0.3 is 5.97 Å². The summed E-state index contributed by atoms with van der Waals surface area (Å²) in [7, 11) is 1.36. The van der Waals surface area contributed by atoms with E-state index < -0.39 is 5.97 Å². The quantitative estimate of drug-likeness (QED) is 0.497. The summed E-state index contributed by atoms with van der Waals surface area (Å²) < 4.78 is 7.01. The molecule has 3 aromatic rings. The molecule has 27 heavy (non-hydrogen) atoms. The van der Waals surface area contributed by atoms with E-state index in [0.29, 0.717) is 23.5 Å². The molecule has 2 aromatic heterocycles. The molecule has 0 aliphatic rings. The minimum absolute atomic E-state index is 0.389. The molecule has 0 saturated carbocycles. The summed E-state index contributed by atoms with van der Waals surface area (Å²) in [5, 5.41) is 11.5. The third-order valence-corrected chi connectivity index (χ3v) is 5.25. The summed E-state index contributed by atoms with van der Waals surface area (Å²) in [5.74, 6) is -0.407. The molecule has 0 unspecified atom stereocenters. The van der Waals surface area contributed by atoms with Crippen LogP contribution in [0.4, 0.5) is 5.69 Å². The second-order valence-corrected chi connectivity index (χ2v) is 6.84. The Morgan fingerprint density at radius 3 is 2.59 bits per heavy atom. The summed E-state index contributed by atoms with van der Waals surface area (Å²) in [6.07, 6.45) is 0. The van der Waals surface area contributed by atoms with Crippen molar-refractivity contribution in [3.8, 4) is 17.2 Å². The fourth-order valence-electron chi connectivity index (χ4n) is 3.10. The van der Waals surface area contributed by atoms with Crippen LogP contribution in [-0.4, -0.2) is 22.6 Å². The van der Waals surface area contributed by atoms with Gasteiger partial charge in [0.15, 0.2) is 11.4 Å². The van der Waals surface area contributed by atoms with Gasteiger partial charge in [0.1, 0.15) is 11.1 Å². The number of hydrogen-bond donors (Lipinski definition) is 0. The first-order chi connectivity index (χ1) is 13.0. The highest BCUT2D eigenvalue weighted by Crippen LogP contribution is 2.34. The number of nitriles is 1. The van der Waals surface area contributed by atoms with Gasteiger partial charge in [0, 0.05) is 22.3 Å². The maximum absolute atomic E-state index is 12.5. The van der Waals surface area contributed by atoms with Crippen LogP contribution >= 0.6 is 11.3 Å². The van der Waals surface area contributed by atoms with Gasteiger partial charge in [0.25, 0.3) is 0 Å². The van der Waals surface area contributed by atoms with Crippen molar-refractivity contribution in [1.29, 1.82) is 5.26 Å². The Balaban J connectivity index is 2.15. The van der Waals surface area contributed by atoms with Gasteiger partial charge in [-0.05, 0) is 19.4 Å². The zero-order valence-electron chi connectivity index (χ0n) is 15.1. The van der Waals surface area contributed by atoms with Crippen molar-refractivity contribution in [3.63, 3.8) is 0 Å². The Bertz CT molecular complexity index is 1090. The lowest BCUT2D eigenvalue weighted by Crippen LogP contribution is -2.07. The highest BCUT2D eigenvalue weighted by molar-refractivity contribution is 7.09. The molecule has 134 valence electrons. The second-order valence-electron chi connectivity index (χ2n) is 5.90. The first kappa shape index (κ1) is 18.4. The van der Waals surface area contributed by atoms with E-state index in [0.717, 1.165) is 27.5 Å². The Labute approximate surface area is 161 Å². The van der Waals surface area contributed by atoms with Crippen molar-refractivity contribution >= 4 is 23.0 Å². The number of methoxy groups -OCH3 is 1. The maximum Gasteiger partial charge on any atom is 0.340 e. The lowest BCUT2D eigenvalue weighted by atomic mass is 10.0. The van der Waals surface area contributed by atoms with E-state index in [-0.39, 0.29) is 0 Å². The van der Waals surface area contributed by atoms with E-state index in [1.165, 1.54) is 18.4 Å². The summed E-state index contributed by atoms with van der Waals surface area (Å²) in [5.41, 5.74) is 4.74. The standard InChI is InChI=1S/C20H16N4O2S/c1-12-18(14-5-7-15(22-3)8-6-14)19(20(25)26-4)13(2)24(12)10-17-23-16(9-21)11-27-17/h5-8,11H,10H2,1-2,4H3. The largest absolute Gasteiger partial charge is 0.465 e. The van der Waals surface area contributed by atoms with Crippen molar-refractivity contribution in [2.45, 2.75) is 20.4 Å². The molecule has 3 rings (SSSR count). The van der Waals surface area contributed by atoms with Crippen LogP contribution in [0.3, 0.4) is 0 Å². The average Bonchev–Trinajstić information content (AvgIpc) is 3.25. The number of rotatable bonds is 4. The van der Waals surface area contributed by atoms with Crippen LogP contribution in [0.5, 0.6) is 0 Å². The van der Waals surface area contributed by atoms with Gasteiger partial charge in [-0.1, -0.05) is 24.3 Å². The SMILES string of the molecule is [C-]#[N+]c1ccc(-c2c(C(=O)OC)c(C)n(Cc3nc(C#N)cs3)c2C)cc1. The molecular formula is C20H16N4O2S. The monoisotopic (exact) mass is 376 g/mol. The molecule has 0 bridgehead atoms. The van der Waals surface area contributed by atoms with Gasteiger partial charge < -0.3 is 9.30 Å². The summed E-state index contributed by atoms with van der Waals surface area (Å²) in [6, 6.07) is 9.17. The number of carbonyl (C=O) groups excluding carboxylic acids is 1. The molecule has 0 spiro atoms. The van der Waals surface area contributed by atoms with Gasteiger partial charge in [-0.3, -0.25) is 0 Å². The number of aromatic nitrogens is 2. The van der Waals surface area contributed by atoms with Gasteiger partial charge in [0.05, 0.1) is 25.8 Å². The predicted molar refractivity (Wildman–Crippen MR) is 103 cm³/mol. The van der Waals surface area contributed by atoms with Gasteiger partial charge in [-0.2, -0.15) is 5.26 Å². The Hall–Kier alpha value is -3.42. The van der Waals surface area contributed by atoms with Gasteiger partial charge in [-0.15, -0.1) is 11.3 Å². The zero-order chi connectivity index (χ0) is 19.6. The molecule has 0 fully saturated rings. The molecule has 0 N–H and O–H groups in total. The molecule has 2 heterocycles. The summed E-state index contributed by atoms with van der Waals surface area (Å²) >= 11 is 1.41. The molecule has 7 heteroatoms. The predicted octanol–water partition coefficient (Wildman–Crippen LogP) is 4.49. The van der Waals surface area contributed by atoms with Crippen LogP contribution in [0.2, 0.25) is 0 Å². The van der Waals surface area contributed by atoms with Gasteiger partial charge in [-0.25, -0.2) is 14.6 Å². The minimum Gasteiger partial charge on any atom is -0.465 e. The smallest absolute Gasteiger partial charge is 0.340 e. The highest BCUT2D eigenvalue weighted by Gasteiger charge is 2.25. The number of esters is 1. The molecule has 6 nitrogen and oxygen atoms in total. The van der Waals surface area contributed by atoms with Crippen molar-refractivity contribution in [3.05, 3.63) is 68.7 Å². The molecule has 1 aromatic carbocycles. The Kier molecular flexibility index (Phi) is 5.07. The normalized spacial score (nSPS) is 10.3. The third-order valence-electron chi connectivity index (χ3n) is 4.42. The first-order valence-corrected chi connectivity index (χ1v) is 8.98. The molecule has 0 radical (unpaired) electrons. The van der Waals surface area contributed by atoms with Crippen LogP contribution in [-0.2, 0) is 11.3 Å². The topological polar surface area (TPSA) is 72.3 Å². The molecular weight excluding hydrogens is 360 g/mol. The number of thiazole rings is 1. The number of carbonyl (C=O) groups is 1. The van der Waals surface area contributed by atoms with Crippen molar-refractivity contribution in [2.24, 2.45) is 0 Å². The first-order valence-electron chi connectivity index (χ1n) is 8.10. The molecule has 0 amide bonds. The number of benzene rings is 1. The Morgan fingerprint density at radius 1 is 1.33 bits per heavy atom. The van der Waals surface area contributed by atoms with E-state index in [2.05, 4.69) is 9.83 Å². The fraction of sp³-hybridized carbons (Fsp3) is 0.200.